The molecule has 2 unspecified atom stereocenters. The largest absolute Gasteiger partial charge is 0.624 e. The number of benzene rings is 2. The number of amides is 5. The fraction of sp³-hybridized carbons (Fsp3) is 0.500. The number of hydrogen-bond donors (Lipinski definition) is 4. The van der Waals surface area contributed by atoms with Crippen LogP contribution in [0.25, 0.3) is 11.1 Å². The molecule has 2 fully saturated rings. The second-order valence-corrected chi connectivity index (χ2v) is 17.6. The number of halogens is 2. The van der Waals surface area contributed by atoms with Gasteiger partial charge in [-0.1, -0.05) is 12.5 Å². The van der Waals surface area contributed by atoms with Crippen LogP contribution in [-0.2, 0) is 39.2 Å². The van der Waals surface area contributed by atoms with Crippen molar-refractivity contribution < 1.29 is 37.4 Å². The molecule has 2 atom stereocenters. The van der Waals surface area contributed by atoms with Gasteiger partial charge in [-0.15, -0.1) is 0 Å². The fourth-order valence-electron chi connectivity index (χ4n) is 9.89. The van der Waals surface area contributed by atoms with Gasteiger partial charge in [0.25, 0.3) is 12.3 Å². The Kier molecular flexibility index (Phi) is 13.0. The van der Waals surface area contributed by atoms with Gasteiger partial charge in [-0.2, -0.15) is 5.10 Å². The molecule has 0 radical (unpaired) electrons. The topological polar surface area (TPSA) is 196 Å². The van der Waals surface area contributed by atoms with E-state index in [1.807, 2.05) is 21.9 Å². The van der Waals surface area contributed by atoms with E-state index < -0.39 is 34.8 Å². The summed E-state index contributed by atoms with van der Waals surface area (Å²) >= 11 is 0. The molecule has 340 valence electrons. The lowest BCUT2D eigenvalue weighted by Crippen LogP contribution is -2.60. The Balaban J connectivity index is 0.834. The molecule has 64 heavy (non-hydrogen) atoms. The number of piperidine rings is 2. The summed E-state index contributed by atoms with van der Waals surface area (Å²) in [5, 5.41) is 36.7. The van der Waals surface area contributed by atoms with E-state index in [1.54, 1.807) is 41.2 Å². The number of nitrogens with one attached hydrogen (secondary N) is 4. The molecule has 8 rings (SSSR count). The number of carbonyl (C=O) groups is 5. The normalized spacial score (nSPS) is 21.6. The second-order valence-electron chi connectivity index (χ2n) is 17.6. The molecule has 4 N–H and O–H groups in total. The molecule has 0 aliphatic carbocycles. The number of unbranched alkanes of at least 4 members (excludes halogenated alkanes) is 2. The van der Waals surface area contributed by atoms with Gasteiger partial charge in [-0.05, 0) is 73.9 Å². The summed E-state index contributed by atoms with van der Waals surface area (Å²) in [6, 6.07) is 7.34. The molecule has 0 spiro atoms. The third kappa shape index (κ3) is 9.02. The van der Waals surface area contributed by atoms with Gasteiger partial charge in [0.05, 0.1) is 18.3 Å². The van der Waals surface area contributed by atoms with Crippen LogP contribution in [0.3, 0.4) is 0 Å². The number of alkyl halides is 2. The standard InChI is InChI=1S/C46H56F2N10O6/c1-28(59)56-21-16-38(35(26-56)44(49)57-18-7-8-29-22-33(30-24-51-54(2)25-30)34(43(47)48)23-39(29)57)52-31-14-19-55(20-15-31)42(61)11-4-3-5-17-50-37-10-6-9-32-36(37)27-58(64,46(32)63)40-12-13-41(60)53-45(40)62/h6,9-10,22-25,31,40,43,49-50,52H,3-5,7-8,11-21,26-27H2,1-2H3,(H,53,60,62). The van der Waals surface area contributed by atoms with Crippen LogP contribution in [0.5, 0.6) is 0 Å². The number of likely N-dealkylation sites (tertiary alicyclic amines) is 1. The first-order chi connectivity index (χ1) is 30.7. The van der Waals surface area contributed by atoms with Crippen LogP contribution in [0.15, 0.2) is 54.0 Å². The van der Waals surface area contributed by atoms with Crippen molar-refractivity contribution in [3.05, 3.63) is 81.5 Å². The fourth-order valence-corrected chi connectivity index (χ4v) is 9.89. The Morgan fingerprint density at radius 2 is 1.80 bits per heavy atom. The number of aryl methyl sites for hydroxylation is 2. The number of anilines is 2. The Bertz CT molecular complexity index is 2390. The third-order valence-electron chi connectivity index (χ3n) is 13.4. The first-order valence-corrected chi connectivity index (χ1v) is 22.4. The van der Waals surface area contributed by atoms with Crippen LogP contribution >= 0.6 is 0 Å². The van der Waals surface area contributed by atoms with Crippen LogP contribution in [-0.4, -0.2) is 111 Å². The van der Waals surface area contributed by atoms with E-state index >= 15 is 0 Å². The Morgan fingerprint density at radius 1 is 1.00 bits per heavy atom. The zero-order valence-corrected chi connectivity index (χ0v) is 36.4. The number of aromatic nitrogens is 2. The van der Waals surface area contributed by atoms with Crippen molar-refractivity contribution in [3.63, 3.8) is 0 Å². The van der Waals surface area contributed by atoms with E-state index in [0.29, 0.717) is 105 Å². The zero-order chi connectivity index (χ0) is 45.3. The summed E-state index contributed by atoms with van der Waals surface area (Å²) in [7, 11) is 1.75. The summed E-state index contributed by atoms with van der Waals surface area (Å²) in [5.74, 6) is -1.63. The van der Waals surface area contributed by atoms with Gasteiger partial charge < -0.3 is 30.5 Å². The predicted molar refractivity (Wildman–Crippen MR) is 235 cm³/mol. The lowest BCUT2D eigenvalue weighted by atomic mass is 9.92. The summed E-state index contributed by atoms with van der Waals surface area (Å²) in [5.41, 5.74) is 5.49. The van der Waals surface area contributed by atoms with Crippen LogP contribution in [0, 0.1) is 10.6 Å². The minimum Gasteiger partial charge on any atom is -0.624 e. The molecule has 18 heteroatoms. The minimum absolute atomic E-state index is 0.0183. The molecule has 0 saturated carbocycles. The highest BCUT2D eigenvalue weighted by molar-refractivity contribution is 6.09. The number of quaternary nitrogens is 1. The number of hydroxylamine groups is 3. The van der Waals surface area contributed by atoms with Crippen molar-refractivity contribution in [2.45, 2.75) is 103 Å². The third-order valence-corrected chi connectivity index (χ3v) is 13.4. The maximum atomic E-state index is 14.6. The summed E-state index contributed by atoms with van der Waals surface area (Å²) in [6.45, 7) is 4.30. The molecular formula is C46H56F2N10O6. The highest BCUT2D eigenvalue weighted by atomic mass is 19.3. The monoisotopic (exact) mass is 882 g/mol. The summed E-state index contributed by atoms with van der Waals surface area (Å²) < 4.78 is 29.4. The van der Waals surface area contributed by atoms with Gasteiger partial charge in [0.2, 0.25) is 17.7 Å². The predicted octanol–water partition coefficient (Wildman–Crippen LogP) is 5.29. The quantitative estimate of drug-likeness (QED) is 0.0438. The molecule has 16 nitrogen and oxygen atoms in total. The first-order valence-electron chi connectivity index (χ1n) is 22.4. The highest BCUT2D eigenvalue weighted by Gasteiger charge is 2.50. The lowest BCUT2D eigenvalue weighted by Gasteiger charge is -2.42. The van der Waals surface area contributed by atoms with Crippen molar-refractivity contribution in [2.24, 2.45) is 7.05 Å². The number of nitrogens with zero attached hydrogens (tertiary/aromatic N) is 6. The number of hydrogen-bond acceptors (Lipinski definition) is 10. The number of fused-ring (bicyclic) bond motifs is 2. The summed E-state index contributed by atoms with van der Waals surface area (Å²) in [6.07, 6.45) is 6.68. The molecule has 3 aromatic rings. The minimum atomic E-state index is -2.73. The number of imide groups is 1. The van der Waals surface area contributed by atoms with Crippen LogP contribution in [0.1, 0.15) is 105 Å². The number of rotatable bonds is 13. The van der Waals surface area contributed by atoms with E-state index in [1.165, 1.54) is 13.0 Å². The maximum absolute atomic E-state index is 14.6. The van der Waals surface area contributed by atoms with E-state index in [-0.39, 0.29) is 60.7 Å². The SMILES string of the molecule is CC(=O)N1CCC(NC2CCN(C(=O)CCCCCNc3cccc4c3C[N+]([O-])(C3CCC(=O)NC3=O)C4=O)CC2)=C(C(=N)N2CCCc3cc(-c4cnn(C)c4)c(C(F)F)cc32)C1. The van der Waals surface area contributed by atoms with Gasteiger partial charge in [0.1, 0.15) is 12.4 Å². The van der Waals surface area contributed by atoms with E-state index in [4.69, 9.17) is 0 Å². The molecule has 1 aromatic heterocycles. The molecule has 2 aromatic carbocycles. The van der Waals surface area contributed by atoms with Gasteiger partial charge >= 0.3 is 5.91 Å². The zero-order valence-electron chi connectivity index (χ0n) is 36.4. The number of amidine groups is 1. The van der Waals surface area contributed by atoms with Crippen molar-refractivity contribution >= 4 is 46.7 Å². The number of carbonyl (C=O) groups excluding carboxylic acids is 5. The van der Waals surface area contributed by atoms with Crippen molar-refractivity contribution in [3.8, 4) is 11.1 Å². The van der Waals surface area contributed by atoms with Gasteiger partial charge in [-0.25, -0.2) is 13.6 Å². The molecule has 5 aliphatic rings. The second kappa shape index (κ2) is 18.6. The Morgan fingerprint density at radius 3 is 2.52 bits per heavy atom. The molecule has 2 saturated heterocycles. The molecule has 0 bridgehead atoms. The van der Waals surface area contributed by atoms with E-state index in [0.717, 1.165) is 30.5 Å². The van der Waals surface area contributed by atoms with Gasteiger partial charge in [0.15, 0.2) is 6.04 Å². The average molecular weight is 883 g/mol. The average Bonchev–Trinajstić information content (AvgIpc) is 3.83. The Labute approximate surface area is 370 Å². The smallest absolute Gasteiger partial charge is 0.347 e. The van der Waals surface area contributed by atoms with Crippen LogP contribution in [0.4, 0.5) is 20.2 Å². The van der Waals surface area contributed by atoms with Gasteiger partial charge in [-0.3, -0.25) is 39.2 Å². The summed E-state index contributed by atoms with van der Waals surface area (Å²) in [4.78, 5) is 68.6. The molecular weight excluding hydrogens is 827 g/mol. The molecule has 6 heterocycles. The maximum Gasteiger partial charge on any atom is 0.347 e. The van der Waals surface area contributed by atoms with E-state index in [2.05, 4.69) is 21.0 Å². The first kappa shape index (κ1) is 44.6. The molecule has 5 amide bonds. The van der Waals surface area contributed by atoms with Gasteiger partial charge in [0, 0.05) is 124 Å². The van der Waals surface area contributed by atoms with Crippen molar-refractivity contribution in [1.82, 2.24) is 30.2 Å². The van der Waals surface area contributed by atoms with E-state index in [9.17, 15) is 43.4 Å². The van der Waals surface area contributed by atoms with Crippen molar-refractivity contribution in [1.29, 1.82) is 5.41 Å². The highest BCUT2D eigenvalue weighted by Crippen LogP contribution is 2.41. The Hall–Kier alpha value is -6.01. The van der Waals surface area contributed by atoms with Crippen molar-refractivity contribution in [2.75, 3.05) is 49.5 Å². The lowest BCUT2D eigenvalue weighted by molar-refractivity contribution is -0.825. The molecule has 5 aliphatic heterocycles. The van der Waals surface area contributed by atoms with Crippen LogP contribution in [0.2, 0.25) is 0 Å². The van der Waals surface area contributed by atoms with Crippen LogP contribution < -0.4 is 20.9 Å².